The van der Waals surface area contributed by atoms with Crippen LogP contribution in [0.3, 0.4) is 0 Å². The number of alkyl carbamates (subject to hydrolysis) is 1. The Morgan fingerprint density at radius 1 is 1.29 bits per heavy atom. The average Bonchev–Trinajstić information content (AvgIpc) is 2.38. The molecule has 21 heavy (non-hydrogen) atoms. The van der Waals surface area contributed by atoms with Crippen LogP contribution in [0.15, 0.2) is 22.7 Å². The second kappa shape index (κ2) is 8.12. The van der Waals surface area contributed by atoms with Crippen molar-refractivity contribution in [3.8, 4) is 5.75 Å². The molecule has 0 heterocycles. The number of hydrogen-bond donors (Lipinski definition) is 2. The van der Waals surface area contributed by atoms with Gasteiger partial charge in [-0.3, -0.25) is 0 Å². The molecule has 0 radical (unpaired) electrons. The molecule has 1 aromatic carbocycles. The maximum absolute atomic E-state index is 11.4. The van der Waals surface area contributed by atoms with Crippen molar-refractivity contribution in [2.24, 2.45) is 0 Å². The zero-order valence-corrected chi connectivity index (χ0v) is 14.5. The van der Waals surface area contributed by atoms with E-state index in [-0.39, 0.29) is 6.09 Å². The summed E-state index contributed by atoms with van der Waals surface area (Å²) in [5.41, 5.74) is 0.517. The minimum atomic E-state index is -0.462. The fourth-order valence-electron chi connectivity index (χ4n) is 1.60. The van der Waals surface area contributed by atoms with Crippen molar-refractivity contribution in [1.29, 1.82) is 0 Å². The molecular weight excluding hydrogens is 336 g/mol. The zero-order valence-electron chi connectivity index (χ0n) is 13.0. The van der Waals surface area contributed by atoms with Gasteiger partial charge in [0.05, 0.1) is 11.6 Å². The lowest BCUT2D eigenvalue weighted by Gasteiger charge is -2.19. The minimum absolute atomic E-state index is 0.382. The number of halogens is 1. The van der Waals surface area contributed by atoms with Crippen LogP contribution in [0.2, 0.25) is 0 Å². The summed E-state index contributed by atoms with van der Waals surface area (Å²) in [4.78, 5) is 11.4. The molecule has 0 bridgehead atoms. The van der Waals surface area contributed by atoms with Crippen LogP contribution in [0.1, 0.15) is 27.2 Å². The van der Waals surface area contributed by atoms with E-state index >= 15 is 0 Å². The Morgan fingerprint density at radius 2 is 2.00 bits per heavy atom. The van der Waals surface area contributed by atoms with Crippen molar-refractivity contribution in [1.82, 2.24) is 5.32 Å². The maximum Gasteiger partial charge on any atom is 0.407 e. The monoisotopic (exact) mass is 358 g/mol. The number of anilines is 1. The lowest BCUT2D eigenvalue weighted by atomic mass is 10.2. The third-order valence-electron chi connectivity index (χ3n) is 2.50. The summed E-state index contributed by atoms with van der Waals surface area (Å²) in [5.74, 6) is 0.784. The van der Waals surface area contributed by atoms with Gasteiger partial charge in [-0.25, -0.2) is 4.79 Å². The number of benzene rings is 1. The van der Waals surface area contributed by atoms with E-state index in [0.717, 1.165) is 28.9 Å². The number of rotatable bonds is 6. The Morgan fingerprint density at radius 3 is 2.62 bits per heavy atom. The smallest absolute Gasteiger partial charge is 0.407 e. The molecule has 0 spiro atoms. The first kappa shape index (κ1) is 17.6. The predicted octanol–water partition coefficient (Wildman–Crippen LogP) is 3.78. The van der Waals surface area contributed by atoms with Crippen molar-refractivity contribution < 1.29 is 14.3 Å². The summed E-state index contributed by atoms with van der Waals surface area (Å²) >= 11 is 3.41. The number of carbonyl (C=O) groups excluding carboxylic acids is 1. The van der Waals surface area contributed by atoms with Crippen molar-refractivity contribution in [3.63, 3.8) is 0 Å². The third-order valence-corrected chi connectivity index (χ3v) is 3.16. The van der Waals surface area contributed by atoms with Crippen molar-refractivity contribution in [3.05, 3.63) is 22.7 Å². The zero-order chi connectivity index (χ0) is 15.9. The van der Waals surface area contributed by atoms with Gasteiger partial charge in [0.25, 0.3) is 0 Å². The second-order valence-electron chi connectivity index (χ2n) is 5.56. The SMILES string of the molecule is COc1cc(NCCCNC(=O)OC(C)(C)C)ccc1Br. The molecule has 118 valence electrons. The molecule has 1 amide bonds. The van der Waals surface area contributed by atoms with Crippen LogP contribution in [-0.2, 0) is 4.74 Å². The molecule has 2 N–H and O–H groups in total. The first-order valence-electron chi connectivity index (χ1n) is 6.86. The van der Waals surface area contributed by atoms with Gasteiger partial charge in [0.1, 0.15) is 11.4 Å². The number of carbonyl (C=O) groups is 1. The summed E-state index contributed by atoms with van der Waals surface area (Å²) in [6.45, 7) is 6.84. The molecule has 0 fully saturated rings. The molecule has 1 aromatic rings. The van der Waals surface area contributed by atoms with E-state index in [2.05, 4.69) is 26.6 Å². The van der Waals surface area contributed by atoms with Crippen LogP contribution in [0.4, 0.5) is 10.5 Å². The largest absolute Gasteiger partial charge is 0.495 e. The minimum Gasteiger partial charge on any atom is -0.495 e. The van der Waals surface area contributed by atoms with E-state index in [9.17, 15) is 4.79 Å². The van der Waals surface area contributed by atoms with Crippen LogP contribution in [0.5, 0.6) is 5.75 Å². The van der Waals surface area contributed by atoms with Crippen molar-refractivity contribution in [2.45, 2.75) is 32.8 Å². The number of amides is 1. The third kappa shape index (κ3) is 7.22. The Hall–Kier alpha value is -1.43. The van der Waals surface area contributed by atoms with Gasteiger partial charge in [-0.2, -0.15) is 0 Å². The van der Waals surface area contributed by atoms with Crippen LogP contribution in [0.25, 0.3) is 0 Å². The highest BCUT2D eigenvalue weighted by Crippen LogP contribution is 2.27. The molecule has 0 unspecified atom stereocenters. The normalized spacial score (nSPS) is 10.9. The first-order chi connectivity index (χ1) is 9.81. The van der Waals surface area contributed by atoms with Crippen molar-refractivity contribution >= 4 is 27.7 Å². The molecule has 0 saturated heterocycles. The van der Waals surface area contributed by atoms with Crippen LogP contribution < -0.4 is 15.4 Å². The van der Waals surface area contributed by atoms with Gasteiger partial charge in [0, 0.05) is 24.8 Å². The molecular formula is C15H23BrN2O3. The van der Waals surface area contributed by atoms with Crippen molar-refractivity contribution in [2.75, 3.05) is 25.5 Å². The Bertz CT molecular complexity index is 472. The summed E-state index contributed by atoms with van der Waals surface area (Å²) in [6.07, 6.45) is 0.422. The predicted molar refractivity (Wildman–Crippen MR) is 88.0 cm³/mol. The molecule has 0 aliphatic rings. The van der Waals surface area contributed by atoms with E-state index in [0.29, 0.717) is 6.54 Å². The van der Waals surface area contributed by atoms with Gasteiger partial charge in [-0.05, 0) is 55.3 Å². The van der Waals surface area contributed by atoms with Gasteiger partial charge in [-0.1, -0.05) is 0 Å². The molecule has 0 atom stereocenters. The summed E-state index contributed by atoms with van der Waals surface area (Å²) in [5, 5.41) is 6.00. The van der Waals surface area contributed by atoms with Gasteiger partial charge in [-0.15, -0.1) is 0 Å². The summed E-state index contributed by atoms with van der Waals surface area (Å²) < 4.78 is 11.3. The van der Waals surface area contributed by atoms with Crippen LogP contribution in [0, 0.1) is 0 Å². The highest BCUT2D eigenvalue weighted by atomic mass is 79.9. The molecule has 1 rings (SSSR count). The standard InChI is InChI=1S/C15H23BrN2O3/c1-15(2,3)21-14(19)18-9-5-8-17-11-6-7-12(16)13(10-11)20-4/h6-7,10,17H,5,8-9H2,1-4H3,(H,18,19). The average molecular weight is 359 g/mol. The Labute approximate surface area is 134 Å². The fourth-order valence-corrected chi connectivity index (χ4v) is 2.00. The number of ether oxygens (including phenoxy) is 2. The van der Waals surface area contributed by atoms with E-state index < -0.39 is 5.60 Å². The first-order valence-corrected chi connectivity index (χ1v) is 7.65. The summed E-state index contributed by atoms with van der Waals surface area (Å²) in [6, 6.07) is 5.82. The van der Waals surface area contributed by atoms with Gasteiger partial charge in [0.2, 0.25) is 0 Å². The maximum atomic E-state index is 11.4. The van der Waals surface area contributed by atoms with E-state index in [1.165, 1.54) is 0 Å². The quantitative estimate of drug-likeness (QED) is 0.759. The van der Waals surface area contributed by atoms with Crippen LogP contribution in [-0.4, -0.2) is 31.9 Å². The number of methoxy groups -OCH3 is 1. The topological polar surface area (TPSA) is 59.6 Å². The second-order valence-corrected chi connectivity index (χ2v) is 6.41. The Balaban J connectivity index is 2.24. The molecule has 0 aromatic heterocycles. The van der Waals surface area contributed by atoms with Gasteiger partial charge < -0.3 is 20.1 Å². The fraction of sp³-hybridized carbons (Fsp3) is 0.533. The summed E-state index contributed by atoms with van der Waals surface area (Å²) in [7, 11) is 1.63. The molecule has 0 aliphatic heterocycles. The van der Waals surface area contributed by atoms with Gasteiger partial charge in [0.15, 0.2) is 0 Å². The van der Waals surface area contributed by atoms with E-state index in [1.807, 2.05) is 39.0 Å². The Kier molecular flexibility index (Phi) is 6.81. The molecule has 5 nitrogen and oxygen atoms in total. The van der Waals surface area contributed by atoms with Gasteiger partial charge >= 0.3 is 6.09 Å². The molecule has 6 heteroatoms. The molecule has 0 saturated carbocycles. The van der Waals surface area contributed by atoms with Crippen LogP contribution >= 0.6 is 15.9 Å². The number of hydrogen-bond acceptors (Lipinski definition) is 4. The highest BCUT2D eigenvalue weighted by Gasteiger charge is 2.15. The van der Waals surface area contributed by atoms with E-state index in [4.69, 9.17) is 9.47 Å². The van der Waals surface area contributed by atoms with E-state index in [1.54, 1.807) is 7.11 Å². The lowest BCUT2D eigenvalue weighted by molar-refractivity contribution is 0.0528. The number of nitrogens with one attached hydrogen (secondary N) is 2. The lowest BCUT2D eigenvalue weighted by Crippen LogP contribution is -2.33. The molecule has 0 aliphatic carbocycles. The highest BCUT2D eigenvalue weighted by molar-refractivity contribution is 9.10.